The highest BCUT2D eigenvalue weighted by molar-refractivity contribution is 7.99. The van der Waals surface area contributed by atoms with Gasteiger partial charge in [0.25, 0.3) is 0 Å². The number of amides is 12. The number of rotatable bonds is 13. The van der Waals surface area contributed by atoms with E-state index in [1.807, 2.05) is 0 Å². The first-order valence-corrected chi connectivity index (χ1v) is 20.8. The summed E-state index contributed by atoms with van der Waals surface area (Å²) in [4.78, 5) is 168. The maximum Gasteiger partial charge on any atom is 0.305 e. The molecule has 1 aliphatic rings. The van der Waals surface area contributed by atoms with Gasteiger partial charge in [0.2, 0.25) is 70.9 Å². The zero-order chi connectivity index (χ0) is 48.3. The van der Waals surface area contributed by atoms with E-state index in [0.29, 0.717) is 0 Å². The summed E-state index contributed by atoms with van der Waals surface area (Å²) in [6.07, 6.45) is -3.72. The molecule has 0 bridgehead atoms. The smallest absolute Gasteiger partial charge is 0.305 e. The van der Waals surface area contributed by atoms with Gasteiger partial charge in [0.15, 0.2) is 0 Å². The molecular weight excluding hydrogens is 857 g/mol. The monoisotopic (exact) mass is 914 g/mol. The number of nitrogens with one attached hydrogen (secondary N) is 8. The number of carboxylic acids is 1. The third kappa shape index (κ3) is 19.4. The molecule has 12 amide bonds. The Hall–Kier alpha value is -6.54. The molecule has 0 spiro atoms. The lowest BCUT2D eigenvalue weighted by molar-refractivity contribution is -0.142. The molecule has 1 aliphatic heterocycles. The van der Waals surface area contributed by atoms with Crippen molar-refractivity contribution < 1.29 is 67.4 Å². The molecule has 27 heteroatoms. The van der Waals surface area contributed by atoms with Crippen molar-refractivity contribution in [2.24, 2.45) is 34.8 Å². The average Bonchev–Trinajstić information content (AvgIpc) is 3.16. The lowest BCUT2D eigenvalue weighted by Gasteiger charge is -2.30. The van der Waals surface area contributed by atoms with Crippen LogP contribution in [-0.4, -0.2) is 142 Å². The van der Waals surface area contributed by atoms with Crippen LogP contribution in [-0.2, 0) is 62.3 Å². The molecule has 352 valence electrons. The Labute approximate surface area is 365 Å². The van der Waals surface area contributed by atoms with Gasteiger partial charge in [0, 0.05) is 12.7 Å². The largest absolute Gasteiger partial charge is 0.481 e. The summed E-state index contributed by atoms with van der Waals surface area (Å²) in [6, 6.07) is -13.3. The lowest BCUT2D eigenvalue weighted by Crippen LogP contribution is -2.62. The van der Waals surface area contributed by atoms with E-state index in [0.717, 1.165) is 18.7 Å². The van der Waals surface area contributed by atoms with Crippen molar-refractivity contribution in [2.45, 2.75) is 121 Å². The van der Waals surface area contributed by atoms with E-state index in [1.54, 1.807) is 6.92 Å². The van der Waals surface area contributed by atoms with Gasteiger partial charge < -0.3 is 70.6 Å². The fourth-order valence-corrected chi connectivity index (χ4v) is 6.86. The fraction of sp³-hybridized carbons (Fsp3) is 0.639. The van der Waals surface area contributed by atoms with Crippen molar-refractivity contribution in [1.29, 1.82) is 0 Å². The van der Waals surface area contributed by atoms with Crippen LogP contribution in [0.2, 0.25) is 0 Å². The Kier molecular flexibility index (Phi) is 22.5. The van der Waals surface area contributed by atoms with Crippen LogP contribution in [0, 0.1) is 11.8 Å². The number of carbonyl (C=O) groups excluding carboxylic acids is 12. The number of primary amides is 4. The van der Waals surface area contributed by atoms with E-state index in [4.69, 9.17) is 22.9 Å². The summed E-state index contributed by atoms with van der Waals surface area (Å²) in [6.45, 7) is 7.26. The first-order chi connectivity index (χ1) is 29.3. The predicted molar refractivity (Wildman–Crippen MR) is 220 cm³/mol. The van der Waals surface area contributed by atoms with Gasteiger partial charge in [0.1, 0.15) is 48.3 Å². The van der Waals surface area contributed by atoms with Gasteiger partial charge in [-0.3, -0.25) is 62.3 Å². The minimum atomic E-state index is -1.94. The van der Waals surface area contributed by atoms with E-state index in [9.17, 15) is 67.4 Å². The van der Waals surface area contributed by atoms with Crippen molar-refractivity contribution >= 4 is 88.6 Å². The highest BCUT2D eigenvalue weighted by Crippen LogP contribution is 2.13. The molecular formula is C36H58N12O14S. The van der Waals surface area contributed by atoms with Gasteiger partial charge in [-0.05, 0) is 24.0 Å². The predicted octanol–water partition coefficient (Wildman–Crippen LogP) is -6.69. The van der Waals surface area contributed by atoms with Crippen LogP contribution in [0.15, 0.2) is 0 Å². The van der Waals surface area contributed by atoms with Crippen LogP contribution in [0.5, 0.6) is 0 Å². The molecule has 0 aromatic carbocycles. The Balaban J connectivity index is 3.91. The number of thioether (sulfide) groups is 1. The first-order valence-electron chi connectivity index (χ1n) is 19.6. The van der Waals surface area contributed by atoms with Crippen molar-refractivity contribution in [3.8, 4) is 0 Å². The van der Waals surface area contributed by atoms with Crippen molar-refractivity contribution in [1.82, 2.24) is 42.5 Å². The van der Waals surface area contributed by atoms with Crippen LogP contribution in [0.1, 0.15) is 73.1 Å². The number of nitrogens with two attached hydrogens (primary N) is 4. The highest BCUT2D eigenvalue weighted by Gasteiger charge is 2.38. The van der Waals surface area contributed by atoms with Gasteiger partial charge >= 0.3 is 5.97 Å². The standard InChI is InChI=1S/C36H58N12O14S/c1-6-15(4)28-36(62)44-20(11-25(39)52)32(58)42-18(9-23(37)50)31(57)43-19(10-24(38)51)33(59)46-22(29(40)55)13-63-8-7-17(41-16(5)49)30(56)47-27(14(2)3)35(61)45-21(12-26(53)54)34(60)48-28/h14-15,17-22,27-28H,6-13H2,1-5H3,(H2,37,50)(H2,38,51)(H2,39,52)(H2,40,55)(H,41,49)(H,42,58)(H,43,57)(H,44,62)(H,45,61)(H,46,59)(H,47,56)(H,48,60)(H,53,54)/t15-,17-,18-,19-,20-,21-,22-,27-,28-/m0/s1. The molecule has 26 nitrogen and oxygen atoms in total. The SMILES string of the molecule is CC[C@H](C)[C@@H]1NC(=O)[C@H](CC(=O)O)NC(=O)[C@H](C(C)C)NC(=O)[C@@H](NC(C)=O)CCSC[C@@H](C(N)=O)NC(=O)[C@H](CC(N)=O)NC(=O)[C@H](CC(N)=O)NC(=O)[C@H](CC(N)=O)NC1=O. The molecule has 0 unspecified atom stereocenters. The zero-order valence-electron chi connectivity index (χ0n) is 35.4. The van der Waals surface area contributed by atoms with E-state index in [1.165, 1.54) is 20.8 Å². The second-order valence-electron chi connectivity index (χ2n) is 15.0. The average molecular weight is 915 g/mol. The molecule has 0 radical (unpaired) electrons. The van der Waals surface area contributed by atoms with Gasteiger partial charge in [-0.15, -0.1) is 0 Å². The molecule has 1 rings (SSSR count). The topological polar surface area (TPSA) is 442 Å². The Morgan fingerprint density at radius 1 is 0.619 bits per heavy atom. The molecule has 63 heavy (non-hydrogen) atoms. The second-order valence-corrected chi connectivity index (χ2v) is 16.2. The Morgan fingerprint density at radius 2 is 1.02 bits per heavy atom. The summed E-state index contributed by atoms with van der Waals surface area (Å²) in [5, 5.41) is 28.0. The summed E-state index contributed by atoms with van der Waals surface area (Å²) in [7, 11) is 0. The summed E-state index contributed by atoms with van der Waals surface area (Å²) >= 11 is 0.965. The third-order valence-corrected chi connectivity index (χ3v) is 10.4. The van der Waals surface area contributed by atoms with E-state index in [2.05, 4.69) is 42.5 Å². The molecule has 0 aromatic rings. The molecule has 1 heterocycles. The van der Waals surface area contributed by atoms with Gasteiger partial charge in [-0.2, -0.15) is 11.8 Å². The number of carbonyl (C=O) groups is 13. The van der Waals surface area contributed by atoms with Crippen molar-refractivity contribution in [2.75, 3.05) is 11.5 Å². The van der Waals surface area contributed by atoms with E-state index in [-0.39, 0.29) is 24.3 Å². The third-order valence-electron chi connectivity index (χ3n) is 9.36. The molecule has 17 N–H and O–H groups in total. The molecule has 1 fully saturated rings. The zero-order valence-corrected chi connectivity index (χ0v) is 36.2. The van der Waals surface area contributed by atoms with Crippen LogP contribution in [0.4, 0.5) is 0 Å². The Morgan fingerprint density at radius 3 is 1.41 bits per heavy atom. The molecule has 1 saturated heterocycles. The summed E-state index contributed by atoms with van der Waals surface area (Å²) in [5.41, 5.74) is 21.5. The van der Waals surface area contributed by atoms with Crippen molar-refractivity contribution in [3.05, 3.63) is 0 Å². The lowest BCUT2D eigenvalue weighted by atomic mass is 9.96. The number of hydrogen-bond donors (Lipinski definition) is 13. The van der Waals surface area contributed by atoms with E-state index >= 15 is 0 Å². The highest BCUT2D eigenvalue weighted by atomic mass is 32.2. The van der Waals surface area contributed by atoms with Crippen LogP contribution < -0.4 is 65.5 Å². The number of aliphatic carboxylic acids is 1. The molecule has 0 aliphatic carbocycles. The van der Waals surface area contributed by atoms with Gasteiger partial charge in [-0.1, -0.05) is 34.1 Å². The van der Waals surface area contributed by atoms with Crippen LogP contribution >= 0.6 is 11.8 Å². The van der Waals surface area contributed by atoms with E-state index < -0.39 is 163 Å². The summed E-state index contributed by atoms with van der Waals surface area (Å²) < 4.78 is 0. The van der Waals surface area contributed by atoms with Crippen LogP contribution in [0.25, 0.3) is 0 Å². The number of carboxylic acid groups (broad SMARTS) is 1. The van der Waals surface area contributed by atoms with Crippen LogP contribution in [0.3, 0.4) is 0 Å². The quantitative estimate of drug-likeness (QED) is 0.0817. The second kappa shape index (κ2) is 26.1. The maximum absolute atomic E-state index is 13.8. The molecule has 0 aromatic heterocycles. The minimum Gasteiger partial charge on any atom is -0.481 e. The Bertz CT molecular complexity index is 1780. The van der Waals surface area contributed by atoms with Gasteiger partial charge in [-0.25, -0.2) is 0 Å². The number of hydrogen-bond acceptors (Lipinski definition) is 14. The minimum absolute atomic E-state index is 0.00896. The normalized spacial score (nSPS) is 25.9. The fourth-order valence-electron chi connectivity index (χ4n) is 5.81. The van der Waals surface area contributed by atoms with Gasteiger partial charge in [0.05, 0.1) is 25.7 Å². The van der Waals surface area contributed by atoms with Crippen molar-refractivity contribution in [3.63, 3.8) is 0 Å². The first kappa shape index (κ1) is 54.5. The summed E-state index contributed by atoms with van der Waals surface area (Å²) in [5.74, 6) is -16.5. The maximum atomic E-state index is 13.8. The molecule has 0 saturated carbocycles. The molecule has 9 atom stereocenters.